The standard InChI is InChI=1S/C31H50O2/c1-18-19(2)21-12-16-29(7)22(26(21)31(9,33)20(18)3)10-11-24-28(6)15-14-25(32)27(4,5)23(28)13-17-30(24,29)8/h10-11,18-21,23-25,32-33H,12-17H2,1-9H3/t18-,19+,20+,21?,23?,24?,25?,28-,29+,30+,31+/m0/s1. The van der Waals surface area contributed by atoms with E-state index in [0.717, 1.165) is 12.8 Å². The third-order valence-electron chi connectivity index (χ3n) is 13.5. The predicted molar refractivity (Wildman–Crippen MR) is 137 cm³/mol. The number of hydrogen-bond donors (Lipinski definition) is 2. The van der Waals surface area contributed by atoms with Gasteiger partial charge in [0.25, 0.3) is 0 Å². The van der Waals surface area contributed by atoms with Gasteiger partial charge < -0.3 is 10.2 Å². The fourth-order valence-electron chi connectivity index (χ4n) is 10.6. The molecule has 0 heterocycles. The van der Waals surface area contributed by atoms with Gasteiger partial charge in [0.1, 0.15) is 0 Å². The second-order valence-electron chi connectivity index (χ2n) is 14.7. The molecule has 33 heavy (non-hydrogen) atoms. The van der Waals surface area contributed by atoms with Gasteiger partial charge in [-0.1, -0.05) is 67.5 Å². The lowest BCUT2D eigenvalue weighted by Gasteiger charge is -2.69. The second-order valence-corrected chi connectivity index (χ2v) is 14.7. The molecule has 0 radical (unpaired) electrons. The lowest BCUT2D eigenvalue weighted by molar-refractivity contribution is -0.182. The Kier molecular flexibility index (Phi) is 5.11. The van der Waals surface area contributed by atoms with Crippen molar-refractivity contribution in [2.75, 3.05) is 0 Å². The second kappa shape index (κ2) is 7.00. The highest BCUT2D eigenvalue weighted by atomic mass is 16.3. The molecular weight excluding hydrogens is 404 g/mol. The molecule has 186 valence electrons. The smallest absolute Gasteiger partial charge is 0.0865 e. The van der Waals surface area contributed by atoms with E-state index in [1.54, 1.807) is 0 Å². The molecule has 3 fully saturated rings. The number of rotatable bonds is 0. The zero-order valence-corrected chi connectivity index (χ0v) is 22.8. The minimum atomic E-state index is -0.723. The van der Waals surface area contributed by atoms with Crippen LogP contribution in [0.4, 0.5) is 0 Å². The zero-order valence-electron chi connectivity index (χ0n) is 22.8. The van der Waals surface area contributed by atoms with Crippen molar-refractivity contribution in [1.29, 1.82) is 0 Å². The summed E-state index contributed by atoms with van der Waals surface area (Å²) in [6.45, 7) is 21.5. The van der Waals surface area contributed by atoms with Gasteiger partial charge in [-0.15, -0.1) is 0 Å². The topological polar surface area (TPSA) is 40.5 Å². The highest BCUT2D eigenvalue weighted by Gasteiger charge is 2.66. The fraction of sp³-hybridized carbons (Fsp3) is 0.871. The number of fused-ring (bicyclic) bond motifs is 6. The van der Waals surface area contributed by atoms with E-state index >= 15 is 0 Å². The Morgan fingerprint density at radius 2 is 1.52 bits per heavy atom. The molecule has 4 unspecified atom stereocenters. The number of hydrogen-bond acceptors (Lipinski definition) is 2. The highest BCUT2D eigenvalue weighted by Crippen LogP contribution is 2.73. The molecule has 5 aliphatic rings. The summed E-state index contributed by atoms with van der Waals surface area (Å²) in [7, 11) is 0. The van der Waals surface area contributed by atoms with E-state index in [0.29, 0.717) is 29.6 Å². The molecule has 0 spiro atoms. The molecule has 0 aliphatic heterocycles. The largest absolute Gasteiger partial charge is 0.393 e. The van der Waals surface area contributed by atoms with Crippen LogP contribution in [0.3, 0.4) is 0 Å². The summed E-state index contributed by atoms with van der Waals surface area (Å²) in [6, 6.07) is 0. The molecule has 2 nitrogen and oxygen atoms in total. The van der Waals surface area contributed by atoms with E-state index in [2.05, 4.69) is 74.5 Å². The Balaban J connectivity index is 1.67. The first-order valence-electron chi connectivity index (χ1n) is 14.0. The molecule has 0 aromatic heterocycles. The summed E-state index contributed by atoms with van der Waals surface area (Å²) in [5.41, 5.74) is 2.67. The maximum Gasteiger partial charge on any atom is 0.0865 e. The molecule has 2 heteroatoms. The summed E-state index contributed by atoms with van der Waals surface area (Å²) in [5, 5.41) is 22.9. The van der Waals surface area contributed by atoms with Crippen molar-refractivity contribution in [2.24, 2.45) is 57.2 Å². The number of aliphatic hydroxyl groups excluding tert-OH is 1. The molecule has 5 rings (SSSR count). The van der Waals surface area contributed by atoms with Gasteiger partial charge in [-0.05, 0) is 114 Å². The average molecular weight is 455 g/mol. The van der Waals surface area contributed by atoms with Crippen LogP contribution in [0.1, 0.15) is 101 Å². The average Bonchev–Trinajstić information content (AvgIpc) is 2.73. The Labute approximate surface area is 203 Å². The van der Waals surface area contributed by atoms with Crippen molar-refractivity contribution in [3.8, 4) is 0 Å². The van der Waals surface area contributed by atoms with Crippen LogP contribution in [0, 0.1) is 57.2 Å². The zero-order chi connectivity index (χ0) is 24.4. The molecule has 2 N–H and O–H groups in total. The normalized spacial score (nSPS) is 57.6. The Bertz CT molecular complexity index is 895. The van der Waals surface area contributed by atoms with E-state index in [9.17, 15) is 10.2 Å². The van der Waals surface area contributed by atoms with Crippen LogP contribution in [-0.4, -0.2) is 21.9 Å². The molecule has 3 saturated carbocycles. The predicted octanol–water partition coefficient (Wildman–Crippen LogP) is 7.16. The van der Waals surface area contributed by atoms with Crippen LogP contribution in [0.5, 0.6) is 0 Å². The van der Waals surface area contributed by atoms with E-state index in [1.165, 1.54) is 36.8 Å². The summed E-state index contributed by atoms with van der Waals surface area (Å²) >= 11 is 0. The minimum Gasteiger partial charge on any atom is -0.393 e. The van der Waals surface area contributed by atoms with Crippen LogP contribution in [0.15, 0.2) is 23.3 Å². The maximum absolute atomic E-state index is 12.0. The molecule has 0 amide bonds. The summed E-state index contributed by atoms with van der Waals surface area (Å²) in [4.78, 5) is 0. The van der Waals surface area contributed by atoms with Crippen molar-refractivity contribution in [3.05, 3.63) is 23.3 Å². The van der Waals surface area contributed by atoms with Crippen LogP contribution < -0.4 is 0 Å². The van der Waals surface area contributed by atoms with E-state index in [-0.39, 0.29) is 33.7 Å². The molecule has 11 atom stereocenters. The van der Waals surface area contributed by atoms with E-state index in [1.807, 2.05) is 0 Å². The van der Waals surface area contributed by atoms with Crippen LogP contribution in [-0.2, 0) is 0 Å². The fourth-order valence-corrected chi connectivity index (χ4v) is 10.6. The monoisotopic (exact) mass is 454 g/mol. The van der Waals surface area contributed by atoms with Gasteiger partial charge in [0, 0.05) is 0 Å². The Hall–Kier alpha value is -0.600. The molecule has 0 aromatic rings. The molecule has 5 aliphatic carbocycles. The molecule has 0 saturated heterocycles. The highest BCUT2D eigenvalue weighted by molar-refractivity contribution is 5.47. The van der Waals surface area contributed by atoms with Crippen LogP contribution in [0.25, 0.3) is 0 Å². The van der Waals surface area contributed by atoms with Crippen molar-refractivity contribution >= 4 is 0 Å². The van der Waals surface area contributed by atoms with E-state index in [4.69, 9.17) is 0 Å². The van der Waals surface area contributed by atoms with Gasteiger partial charge in [-0.2, -0.15) is 0 Å². The lowest BCUT2D eigenvalue weighted by atomic mass is 9.35. The Morgan fingerprint density at radius 1 is 0.848 bits per heavy atom. The van der Waals surface area contributed by atoms with Gasteiger partial charge in [-0.25, -0.2) is 0 Å². The summed E-state index contributed by atoms with van der Waals surface area (Å²) < 4.78 is 0. The summed E-state index contributed by atoms with van der Waals surface area (Å²) in [6.07, 6.45) is 11.8. The van der Waals surface area contributed by atoms with Gasteiger partial charge in [0.15, 0.2) is 0 Å². The molecule has 0 bridgehead atoms. The van der Waals surface area contributed by atoms with Crippen molar-refractivity contribution in [3.63, 3.8) is 0 Å². The first-order chi connectivity index (χ1) is 15.1. The third-order valence-corrected chi connectivity index (χ3v) is 13.5. The first-order valence-corrected chi connectivity index (χ1v) is 14.0. The number of aliphatic hydroxyl groups is 2. The first kappa shape index (κ1) is 24.1. The van der Waals surface area contributed by atoms with Crippen molar-refractivity contribution in [2.45, 2.75) is 113 Å². The van der Waals surface area contributed by atoms with E-state index < -0.39 is 5.60 Å². The van der Waals surface area contributed by atoms with Crippen molar-refractivity contribution in [1.82, 2.24) is 0 Å². The van der Waals surface area contributed by atoms with Gasteiger partial charge in [0.2, 0.25) is 0 Å². The lowest BCUT2D eigenvalue weighted by Crippen LogP contribution is -2.63. The van der Waals surface area contributed by atoms with Gasteiger partial charge in [0.05, 0.1) is 11.7 Å². The van der Waals surface area contributed by atoms with Gasteiger partial charge >= 0.3 is 0 Å². The van der Waals surface area contributed by atoms with Crippen LogP contribution >= 0.6 is 0 Å². The Morgan fingerprint density at radius 3 is 2.18 bits per heavy atom. The molecule has 0 aromatic carbocycles. The van der Waals surface area contributed by atoms with Crippen molar-refractivity contribution < 1.29 is 10.2 Å². The quantitative estimate of drug-likeness (QED) is 0.407. The SMILES string of the molecule is C[C@@H]1[C@@H](C)[C@@](C)(O)C2=C3C=CC4[C@@]5(C)CCC(O)C(C)(C)C5CC[C@@]4(C)[C@]3(C)CCC2[C@@H]1C. The maximum atomic E-state index is 12.0. The van der Waals surface area contributed by atoms with Gasteiger partial charge in [-0.3, -0.25) is 0 Å². The minimum absolute atomic E-state index is 0.0203. The van der Waals surface area contributed by atoms with Crippen LogP contribution in [0.2, 0.25) is 0 Å². The summed E-state index contributed by atoms with van der Waals surface area (Å²) in [5.74, 6) is 3.05. The number of allylic oxidation sites excluding steroid dienone is 3. The molecular formula is C31H50O2. The third kappa shape index (κ3) is 2.75.